The molecule has 0 N–H and O–H groups in total. The number of hydrogen-bond acceptors (Lipinski definition) is 5. The van der Waals surface area contributed by atoms with Gasteiger partial charge >= 0.3 is 0 Å². The SMILES string of the molecule is [3H][C@@H]1O[C@]2(COC(C)C)CS(=O)(=O)N(C)[C@H]1C2OC(C)C. The molecule has 118 valence electrons. The first-order valence-electron chi connectivity index (χ1n) is 7.49. The maximum absolute atomic E-state index is 12.3. The van der Waals surface area contributed by atoms with Crippen molar-refractivity contribution >= 4 is 10.0 Å². The Morgan fingerprint density at radius 3 is 2.60 bits per heavy atom. The Kier molecular flexibility index (Phi) is 4.07. The van der Waals surface area contributed by atoms with E-state index in [2.05, 4.69) is 0 Å². The van der Waals surface area contributed by atoms with Crippen molar-refractivity contribution < 1.29 is 24.0 Å². The molecular formula is C13H25NO5S. The van der Waals surface area contributed by atoms with Gasteiger partial charge < -0.3 is 14.2 Å². The molecule has 2 bridgehead atoms. The van der Waals surface area contributed by atoms with Crippen LogP contribution in [-0.4, -0.2) is 68.7 Å². The van der Waals surface area contributed by atoms with Gasteiger partial charge in [0.1, 0.15) is 11.7 Å². The fourth-order valence-corrected chi connectivity index (χ4v) is 4.27. The Bertz CT molecular complexity index is 483. The molecule has 4 atom stereocenters. The Morgan fingerprint density at radius 1 is 1.40 bits per heavy atom. The monoisotopic (exact) mass is 309 g/mol. The van der Waals surface area contributed by atoms with E-state index in [9.17, 15) is 8.42 Å². The largest absolute Gasteiger partial charge is 0.376 e. The summed E-state index contributed by atoms with van der Waals surface area (Å²) in [4.78, 5) is 0. The van der Waals surface area contributed by atoms with Gasteiger partial charge in [0.2, 0.25) is 10.0 Å². The molecule has 0 aliphatic carbocycles. The highest BCUT2D eigenvalue weighted by Gasteiger charge is 2.61. The molecule has 0 amide bonds. The van der Waals surface area contributed by atoms with Gasteiger partial charge in [-0.15, -0.1) is 0 Å². The topological polar surface area (TPSA) is 65.1 Å². The lowest BCUT2D eigenvalue weighted by Crippen LogP contribution is -2.63. The molecule has 0 spiro atoms. The molecule has 0 aromatic carbocycles. The molecule has 2 fully saturated rings. The van der Waals surface area contributed by atoms with Crippen LogP contribution in [0.25, 0.3) is 0 Å². The molecule has 6 nitrogen and oxygen atoms in total. The summed E-state index contributed by atoms with van der Waals surface area (Å²) in [6.45, 7) is 6.68. The second-order valence-corrected chi connectivity index (χ2v) is 8.08. The van der Waals surface area contributed by atoms with Gasteiger partial charge in [0.15, 0.2) is 0 Å². The fourth-order valence-electron chi connectivity index (χ4n) is 2.61. The molecule has 20 heavy (non-hydrogen) atoms. The van der Waals surface area contributed by atoms with Crippen molar-refractivity contribution in [1.29, 1.82) is 0 Å². The maximum atomic E-state index is 12.3. The minimum absolute atomic E-state index is 0.0479. The van der Waals surface area contributed by atoms with Crippen molar-refractivity contribution in [3.05, 3.63) is 0 Å². The Labute approximate surface area is 122 Å². The highest BCUT2D eigenvalue weighted by atomic mass is 32.2. The zero-order valence-electron chi connectivity index (χ0n) is 13.7. The minimum Gasteiger partial charge on any atom is -0.376 e. The highest BCUT2D eigenvalue weighted by molar-refractivity contribution is 7.89. The molecule has 2 rings (SSSR count). The molecule has 2 heterocycles. The molecule has 0 aromatic heterocycles. The molecule has 0 saturated carbocycles. The van der Waals surface area contributed by atoms with Crippen LogP contribution < -0.4 is 0 Å². The van der Waals surface area contributed by atoms with E-state index in [0.29, 0.717) is 0 Å². The average Bonchev–Trinajstić information content (AvgIpc) is 2.53. The number of sulfonamides is 1. The van der Waals surface area contributed by atoms with Crippen molar-refractivity contribution in [3.8, 4) is 0 Å². The van der Waals surface area contributed by atoms with Gasteiger partial charge in [0.05, 0.1) is 38.6 Å². The molecule has 7 heteroatoms. The van der Waals surface area contributed by atoms with E-state index < -0.39 is 34.4 Å². The van der Waals surface area contributed by atoms with Gasteiger partial charge in [-0.2, -0.15) is 4.31 Å². The number of fused-ring (bicyclic) bond motifs is 2. The zero-order valence-corrected chi connectivity index (χ0v) is 13.5. The van der Waals surface area contributed by atoms with Crippen molar-refractivity contribution in [2.24, 2.45) is 0 Å². The highest BCUT2D eigenvalue weighted by Crippen LogP contribution is 2.40. The summed E-state index contributed by atoms with van der Waals surface area (Å²) in [5, 5.41) is 0. The molecule has 2 aliphatic rings. The van der Waals surface area contributed by atoms with Crippen LogP contribution in [0.3, 0.4) is 0 Å². The summed E-state index contributed by atoms with van der Waals surface area (Å²) >= 11 is 0. The lowest BCUT2D eigenvalue weighted by molar-refractivity contribution is -0.140. The van der Waals surface area contributed by atoms with Gasteiger partial charge in [-0.25, -0.2) is 8.42 Å². The normalized spacial score (nSPS) is 41.4. The summed E-state index contributed by atoms with van der Waals surface area (Å²) in [5.41, 5.74) is -1.10. The first kappa shape index (κ1) is 14.7. The van der Waals surface area contributed by atoms with Crippen molar-refractivity contribution in [2.45, 2.75) is 57.6 Å². The fraction of sp³-hybridized carbons (Fsp3) is 1.00. The van der Waals surface area contributed by atoms with Gasteiger partial charge in [0, 0.05) is 7.05 Å². The molecule has 0 radical (unpaired) electrons. The molecule has 1 unspecified atom stereocenters. The smallest absolute Gasteiger partial charge is 0.217 e. The summed E-state index contributed by atoms with van der Waals surface area (Å²) < 4.78 is 51.2. The van der Waals surface area contributed by atoms with Crippen LogP contribution in [0.2, 0.25) is 0 Å². The van der Waals surface area contributed by atoms with Crippen LogP contribution in [0.1, 0.15) is 29.1 Å². The first-order chi connectivity index (χ1) is 9.59. The van der Waals surface area contributed by atoms with E-state index in [1.165, 1.54) is 11.4 Å². The lowest BCUT2D eigenvalue weighted by atomic mass is 9.96. The van der Waals surface area contributed by atoms with Crippen LogP contribution in [0.5, 0.6) is 0 Å². The van der Waals surface area contributed by atoms with E-state index >= 15 is 0 Å². The summed E-state index contributed by atoms with van der Waals surface area (Å²) in [5.74, 6) is -0.216. The Balaban J connectivity index is 2.36. The van der Waals surface area contributed by atoms with E-state index in [4.69, 9.17) is 15.6 Å². The van der Waals surface area contributed by atoms with Gasteiger partial charge in [-0.3, -0.25) is 0 Å². The van der Waals surface area contributed by atoms with E-state index in [-0.39, 0.29) is 24.6 Å². The summed E-state index contributed by atoms with van der Waals surface area (Å²) in [6, 6.07) is -0.637. The quantitative estimate of drug-likeness (QED) is 0.745. The van der Waals surface area contributed by atoms with Gasteiger partial charge in [-0.1, -0.05) is 0 Å². The minimum atomic E-state index is -3.48. The number of hydrogen-bond donors (Lipinski definition) is 0. The predicted molar refractivity (Wildman–Crippen MR) is 75.1 cm³/mol. The third kappa shape index (κ3) is 2.87. The lowest BCUT2D eigenvalue weighted by Gasteiger charge is -2.42. The summed E-state index contributed by atoms with van der Waals surface area (Å²) in [6.07, 6.45) is -0.625. The number of likely N-dealkylation sites (N-methyl/N-ethyl adjacent to an activating group) is 1. The van der Waals surface area contributed by atoms with Crippen LogP contribution in [0, 0.1) is 0 Å². The zero-order chi connectivity index (χ0) is 16.0. The van der Waals surface area contributed by atoms with E-state index in [1.54, 1.807) is 0 Å². The van der Waals surface area contributed by atoms with Crippen molar-refractivity contribution in [2.75, 3.05) is 26.0 Å². The third-order valence-corrected chi connectivity index (χ3v) is 5.61. The predicted octanol–water partition coefficient (Wildman–Crippen LogP) is 0.618. The van der Waals surface area contributed by atoms with Crippen LogP contribution >= 0.6 is 0 Å². The van der Waals surface area contributed by atoms with Crippen molar-refractivity contribution in [3.63, 3.8) is 0 Å². The van der Waals surface area contributed by atoms with Crippen LogP contribution in [-0.2, 0) is 24.2 Å². The Morgan fingerprint density at radius 2 is 2.05 bits per heavy atom. The second-order valence-electron chi connectivity index (χ2n) is 6.05. The average molecular weight is 309 g/mol. The number of rotatable bonds is 5. The standard InChI is InChI=1S/C13H25NO5S/c1-9(2)17-7-13-8-20(15,16)14(5)11(6-18-13)12(13)19-10(3)4/h9-12H,6-8H2,1-5H3/t11-,12?,13-/m1/s1/i6T/t6-,11+,12?,13+/m0. The second kappa shape index (κ2) is 5.53. The van der Waals surface area contributed by atoms with Gasteiger partial charge in [-0.05, 0) is 27.7 Å². The molecular weight excluding hydrogens is 282 g/mol. The van der Waals surface area contributed by atoms with Crippen LogP contribution in [0.15, 0.2) is 0 Å². The third-order valence-electron chi connectivity index (χ3n) is 3.64. The van der Waals surface area contributed by atoms with Gasteiger partial charge in [0.25, 0.3) is 0 Å². The summed E-state index contributed by atoms with van der Waals surface area (Å²) in [7, 11) is -1.99. The van der Waals surface area contributed by atoms with E-state index in [0.717, 1.165) is 0 Å². The molecule has 0 aromatic rings. The Hall–Kier alpha value is -0.210. The molecule has 2 saturated heterocycles. The van der Waals surface area contributed by atoms with Crippen LogP contribution in [0.4, 0.5) is 0 Å². The van der Waals surface area contributed by atoms with E-state index in [1.807, 2.05) is 27.7 Å². The first-order valence-corrected chi connectivity index (χ1v) is 8.53. The molecule has 2 aliphatic heterocycles. The number of nitrogens with zero attached hydrogens (tertiary/aromatic N) is 1. The van der Waals surface area contributed by atoms with Crippen molar-refractivity contribution in [1.82, 2.24) is 4.31 Å². The maximum Gasteiger partial charge on any atom is 0.217 e. The number of ether oxygens (including phenoxy) is 3.